The fourth-order valence-corrected chi connectivity index (χ4v) is 1.82. The number of hydrogen-bond donors (Lipinski definition) is 0. The average Bonchev–Trinajstić information content (AvgIpc) is 2.40. The summed E-state index contributed by atoms with van der Waals surface area (Å²) in [4.78, 5) is 25.6. The molecule has 1 heterocycles. The lowest BCUT2D eigenvalue weighted by Gasteiger charge is -2.21. The highest BCUT2D eigenvalue weighted by Gasteiger charge is 2.21. The van der Waals surface area contributed by atoms with Crippen molar-refractivity contribution in [1.82, 2.24) is 15.1 Å². The molecule has 1 aromatic rings. The smallest absolute Gasteiger partial charge is 0.325 e. The van der Waals surface area contributed by atoms with E-state index in [0.29, 0.717) is 30.1 Å². The number of aryl methyl sites for hydroxylation is 2. The van der Waals surface area contributed by atoms with Gasteiger partial charge in [0, 0.05) is 6.54 Å². The third-order valence-corrected chi connectivity index (χ3v) is 2.74. The van der Waals surface area contributed by atoms with E-state index in [4.69, 9.17) is 4.74 Å². The van der Waals surface area contributed by atoms with E-state index in [1.54, 1.807) is 26.8 Å². The minimum atomic E-state index is -0.398. The summed E-state index contributed by atoms with van der Waals surface area (Å²) in [5, 5.41) is 7.85. The molecule has 0 radical (unpaired) electrons. The molecular weight excluding hydrogens is 258 g/mol. The molecule has 0 aliphatic carbocycles. The third kappa shape index (κ3) is 4.29. The molecule has 6 nitrogen and oxygen atoms in total. The summed E-state index contributed by atoms with van der Waals surface area (Å²) in [5.74, 6) is -0.610. The molecule has 6 heteroatoms. The van der Waals surface area contributed by atoms with Crippen molar-refractivity contribution >= 4 is 11.9 Å². The average molecular weight is 279 g/mol. The zero-order valence-electron chi connectivity index (χ0n) is 12.5. The fraction of sp³-hybridized carbons (Fsp3) is 0.571. The normalized spacial score (nSPS) is 10.2. The minimum Gasteiger partial charge on any atom is -0.465 e. The van der Waals surface area contributed by atoms with Crippen molar-refractivity contribution < 1.29 is 14.3 Å². The van der Waals surface area contributed by atoms with Gasteiger partial charge in [-0.25, -0.2) is 0 Å². The zero-order valence-corrected chi connectivity index (χ0v) is 12.5. The first-order valence-corrected chi connectivity index (χ1v) is 6.75. The van der Waals surface area contributed by atoms with E-state index in [0.717, 1.165) is 6.42 Å². The van der Waals surface area contributed by atoms with E-state index < -0.39 is 5.97 Å². The molecule has 1 amide bonds. The number of ether oxygens (including phenoxy) is 1. The molecule has 0 N–H and O–H groups in total. The summed E-state index contributed by atoms with van der Waals surface area (Å²) in [6.45, 7) is 7.97. The first kappa shape index (κ1) is 16.1. The van der Waals surface area contributed by atoms with Gasteiger partial charge < -0.3 is 9.64 Å². The van der Waals surface area contributed by atoms with E-state index in [-0.39, 0.29) is 12.5 Å². The molecular formula is C14H21N3O3. The molecule has 0 saturated heterocycles. The van der Waals surface area contributed by atoms with E-state index in [1.807, 2.05) is 6.92 Å². The van der Waals surface area contributed by atoms with E-state index in [1.165, 1.54) is 4.90 Å². The maximum Gasteiger partial charge on any atom is 0.325 e. The van der Waals surface area contributed by atoms with Gasteiger partial charge in [-0.2, -0.15) is 10.2 Å². The van der Waals surface area contributed by atoms with Crippen molar-refractivity contribution in [3.05, 3.63) is 23.0 Å². The van der Waals surface area contributed by atoms with Gasteiger partial charge in [-0.05, 0) is 33.3 Å². The quantitative estimate of drug-likeness (QED) is 0.738. The highest BCUT2D eigenvalue weighted by molar-refractivity contribution is 5.96. The highest BCUT2D eigenvalue weighted by Crippen LogP contribution is 2.10. The number of carbonyl (C=O) groups excluding carboxylic acids is 2. The molecule has 0 fully saturated rings. The zero-order chi connectivity index (χ0) is 15.1. The van der Waals surface area contributed by atoms with Crippen LogP contribution in [0, 0.1) is 13.8 Å². The van der Waals surface area contributed by atoms with E-state index in [2.05, 4.69) is 10.2 Å². The molecule has 1 aromatic heterocycles. The third-order valence-electron chi connectivity index (χ3n) is 2.74. The Morgan fingerprint density at radius 1 is 1.25 bits per heavy atom. The Kier molecular flexibility index (Phi) is 6.09. The fourth-order valence-electron chi connectivity index (χ4n) is 1.82. The maximum absolute atomic E-state index is 12.5. The molecule has 0 atom stereocenters. The van der Waals surface area contributed by atoms with Gasteiger partial charge in [-0.1, -0.05) is 6.92 Å². The Bertz CT molecular complexity index is 489. The molecule has 0 saturated carbocycles. The monoisotopic (exact) mass is 279 g/mol. The molecule has 0 spiro atoms. The Labute approximate surface area is 119 Å². The second-order valence-corrected chi connectivity index (χ2v) is 4.52. The second kappa shape index (κ2) is 7.57. The SMILES string of the molecule is CCCN(CC(=O)OCC)C(=O)c1cc(C)nnc1C. The Balaban J connectivity index is 2.93. The molecule has 20 heavy (non-hydrogen) atoms. The van der Waals surface area contributed by atoms with Crippen LogP contribution in [-0.2, 0) is 9.53 Å². The standard InChI is InChI=1S/C14H21N3O3/c1-5-7-17(9-13(18)20-6-2)14(19)12-8-10(3)15-16-11(12)4/h8H,5-7,9H2,1-4H3. The van der Waals surface area contributed by atoms with Crippen LogP contribution in [0.2, 0.25) is 0 Å². The molecule has 0 bridgehead atoms. The summed E-state index contributed by atoms with van der Waals surface area (Å²) in [5.41, 5.74) is 1.72. The summed E-state index contributed by atoms with van der Waals surface area (Å²) in [6, 6.07) is 1.69. The largest absolute Gasteiger partial charge is 0.465 e. The number of esters is 1. The topological polar surface area (TPSA) is 72.4 Å². The molecule has 0 unspecified atom stereocenters. The van der Waals surface area contributed by atoms with Crippen LogP contribution < -0.4 is 0 Å². The Hall–Kier alpha value is -1.98. The number of nitrogens with zero attached hydrogens (tertiary/aromatic N) is 3. The minimum absolute atomic E-state index is 0.0404. The lowest BCUT2D eigenvalue weighted by atomic mass is 10.1. The summed E-state index contributed by atoms with van der Waals surface area (Å²) in [6.07, 6.45) is 0.766. The second-order valence-electron chi connectivity index (χ2n) is 4.52. The van der Waals surface area contributed by atoms with Gasteiger partial charge in [0.15, 0.2) is 0 Å². The first-order valence-electron chi connectivity index (χ1n) is 6.75. The molecule has 0 aliphatic rings. The van der Waals surface area contributed by atoms with Gasteiger partial charge in [-0.3, -0.25) is 9.59 Å². The van der Waals surface area contributed by atoms with Gasteiger partial charge in [-0.15, -0.1) is 0 Å². The Morgan fingerprint density at radius 2 is 1.95 bits per heavy atom. The van der Waals surface area contributed by atoms with E-state index in [9.17, 15) is 9.59 Å². The molecule has 0 aromatic carbocycles. The van der Waals surface area contributed by atoms with Crippen molar-refractivity contribution in [3.63, 3.8) is 0 Å². The predicted octanol–water partition coefficient (Wildman–Crippen LogP) is 1.51. The summed E-state index contributed by atoms with van der Waals surface area (Å²) >= 11 is 0. The summed E-state index contributed by atoms with van der Waals surface area (Å²) < 4.78 is 4.90. The molecule has 0 aliphatic heterocycles. The predicted molar refractivity (Wildman–Crippen MR) is 74.3 cm³/mol. The van der Waals surface area contributed by atoms with Crippen LogP contribution >= 0.6 is 0 Å². The number of aromatic nitrogens is 2. The van der Waals surface area contributed by atoms with Crippen LogP contribution in [0.1, 0.15) is 42.0 Å². The Morgan fingerprint density at radius 3 is 2.55 bits per heavy atom. The number of hydrogen-bond acceptors (Lipinski definition) is 5. The molecule has 110 valence electrons. The number of rotatable bonds is 6. The first-order chi connectivity index (χ1) is 9.49. The van der Waals surface area contributed by atoms with Crippen molar-refractivity contribution in [2.24, 2.45) is 0 Å². The number of carbonyl (C=O) groups is 2. The van der Waals surface area contributed by atoms with Crippen molar-refractivity contribution in [3.8, 4) is 0 Å². The maximum atomic E-state index is 12.5. The lowest BCUT2D eigenvalue weighted by molar-refractivity contribution is -0.143. The van der Waals surface area contributed by atoms with Crippen molar-refractivity contribution in [2.45, 2.75) is 34.1 Å². The highest BCUT2D eigenvalue weighted by atomic mass is 16.5. The van der Waals surface area contributed by atoms with Crippen LogP contribution in [0.4, 0.5) is 0 Å². The van der Waals surface area contributed by atoms with Gasteiger partial charge >= 0.3 is 5.97 Å². The van der Waals surface area contributed by atoms with Crippen molar-refractivity contribution in [1.29, 1.82) is 0 Å². The molecule has 1 rings (SSSR count). The van der Waals surface area contributed by atoms with Crippen LogP contribution in [0.5, 0.6) is 0 Å². The van der Waals surface area contributed by atoms with Crippen LogP contribution in [0.3, 0.4) is 0 Å². The van der Waals surface area contributed by atoms with Crippen LogP contribution in [0.15, 0.2) is 6.07 Å². The van der Waals surface area contributed by atoms with Crippen molar-refractivity contribution in [2.75, 3.05) is 19.7 Å². The van der Waals surface area contributed by atoms with Gasteiger partial charge in [0.1, 0.15) is 6.54 Å². The van der Waals surface area contributed by atoms with Crippen LogP contribution in [0.25, 0.3) is 0 Å². The van der Waals surface area contributed by atoms with Gasteiger partial charge in [0.25, 0.3) is 5.91 Å². The van der Waals surface area contributed by atoms with Gasteiger partial charge in [0.05, 0.1) is 23.6 Å². The van der Waals surface area contributed by atoms with Crippen LogP contribution in [-0.4, -0.2) is 46.7 Å². The lowest BCUT2D eigenvalue weighted by Crippen LogP contribution is -2.37. The van der Waals surface area contributed by atoms with Gasteiger partial charge in [0.2, 0.25) is 0 Å². The number of amides is 1. The van der Waals surface area contributed by atoms with E-state index >= 15 is 0 Å². The summed E-state index contributed by atoms with van der Waals surface area (Å²) in [7, 11) is 0.